The highest BCUT2D eigenvalue weighted by Crippen LogP contribution is 2.45. The Bertz CT molecular complexity index is 606. The number of hydrogen-bond acceptors (Lipinski definition) is 5. The predicted molar refractivity (Wildman–Crippen MR) is 97.7 cm³/mol. The lowest BCUT2D eigenvalue weighted by atomic mass is 9.71. The fourth-order valence-corrected chi connectivity index (χ4v) is 5.54. The van der Waals surface area contributed by atoms with Crippen LogP contribution in [0.25, 0.3) is 0 Å². The van der Waals surface area contributed by atoms with E-state index in [4.69, 9.17) is 9.47 Å². The van der Waals surface area contributed by atoms with Crippen molar-refractivity contribution in [1.29, 1.82) is 0 Å². The summed E-state index contributed by atoms with van der Waals surface area (Å²) in [6.07, 6.45) is 2.02. The second-order valence-corrected chi connectivity index (χ2v) is 9.02. The molecule has 1 unspecified atom stereocenters. The van der Waals surface area contributed by atoms with Gasteiger partial charge in [0.05, 0.1) is 19.1 Å². The average molecular weight is 365 g/mol. The molecule has 0 saturated carbocycles. The molecule has 0 N–H and O–H groups in total. The maximum Gasteiger partial charge on any atom is 0.227 e. The van der Waals surface area contributed by atoms with Crippen molar-refractivity contribution in [2.45, 2.75) is 26.3 Å². The Labute approximate surface area is 153 Å². The van der Waals surface area contributed by atoms with Gasteiger partial charge in [0.2, 0.25) is 5.91 Å². The van der Waals surface area contributed by atoms with E-state index < -0.39 is 0 Å². The third-order valence-electron chi connectivity index (χ3n) is 6.00. The monoisotopic (exact) mass is 364 g/mol. The Morgan fingerprint density at radius 2 is 1.92 bits per heavy atom. The predicted octanol–water partition coefficient (Wildman–Crippen LogP) is 2.14. The minimum absolute atomic E-state index is 0.0972. The Balaban J connectivity index is 1.51. The maximum absolute atomic E-state index is 13.3. The summed E-state index contributed by atoms with van der Waals surface area (Å²) in [4.78, 5) is 20.6. The molecule has 4 rings (SSSR count). The second-order valence-electron chi connectivity index (χ2n) is 7.65. The van der Waals surface area contributed by atoms with Gasteiger partial charge >= 0.3 is 0 Å². The van der Waals surface area contributed by atoms with Gasteiger partial charge in [0.15, 0.2) is 0 Å². The van der Waals surface area contributed by atoms with E-state index in [9.17, 15) is 4.79 Å². The second kappa shape index (κ2) is 7.35. The molecule has 1 aromatic rings. The molecule has 1 amide bonds. The molecule has 1 atom stereocenters. The van der Waals surface area contributed by atoms with E-state index in [1.165, 1.54) is 9.75 Å². The number of amides is 1. The van der Waals surface area contributed by atoms with Crippen LogP contribution in [0.3, 0.4) is 0 Å². The van der Waals surface area contributed by atoms with Crippen molar-refractivity contribution in [2.24, 2.45) is 11.3 Å². The van der Waals surface area contributed by atoms with Crippen molar-refractivity contribution >= 4 is 17.2 Å². The first kappa shape index (κ1) is 17.5. The normalized spacial score (nSPS) is 27.1. The van der Waals surface area contributed by atoms with E-state index in [-0.39, 0.29) is 11.3 Å². The van der Waals surface area contributed by atoms with Crippen LogP contribution in [0, 0.1) is 18.3 Å². The fraction of sp³-hybridized carbons (Fsp3) is 0.737. The number of likely N-dealkylation sites (tertiary alicyclic amines) is 1. The van der Waals surface area contributed by atoms with Crippen molar-refractivity contribution in [1.82, 2.24) is 9.80 Å². The molecular formula is C19H28N2O3S. The summed E-state index contributed by atoms with van der Waals surface area (Å²) in [5, 5.41) is 0. The van der Waals surface area contributed by atoms with Gasteiger partial charge in [-0.1, -0.05) is 0 Å². The summed E-state index contributed by atoms with van der Waals surface area (Å²) in [6.45, 7) is 9.44. The number of morpholine rings is 1. The zero-order chi connectivity index (χ0) is 17.3. The minimum atomic E-state index is 0.0972. The van der Waals surface area contributed by atoms with Crippen molar-refractivity contribution in [3.63, 3.8) is 0 Å². The van der Waals surface area contributed by atoms with Gasteiger partial charge in [-0.2, -0.15) is 0 Å². The quantitative estimate of drug-likeness (QED) is 0.824. The van der Waals surface area contributed by atoms with Crippen molar-refractivity contribution in [2.75, 3.05) is 52.6 Å². The van der Waals surface area contributed by atoms with Crippen LogP contribution in [0.5, 0.6) is 0 Å². The van der Waals surface area contributed by atoms with Crippen LogP contribution in [0.4, 0.5) is 0 Å². The minimum Gasteiger partial charge on any atom is -0.381 e. The summed E-state index contributed by atoms with van der Waals surface area (Å²) in [5.41, 5.74) is 0.0972. The first-order valence-corrected chi connectivity index (χ1v) is 10.2. The lowest BCUT2D eigenvalue weighted by Crippen LogP contribution is -2.49. The molecule has 5 nitrogen and oxygen atoms in total. The molecule has 4 heterocycles. The van der Waals surface area contributed by atoms with Crippen LogP contribution in [0.1, 0.15) is 22.6 Å². The molecule has 3 aliphatic rings. The molecule has 3 saturated heterocycles. The summed E-state index contributed by atoms with van der Waals surface area (Å²) >= 11 is 1.87. The molecular weight excluding hydrogens is 336 g/mol. The molecule has 0 aromatic carbocycles. The highest BCUT2D eigenvalue weighted by molar-refractivity contribution is 7.11. The lowest BCUT2D eigenvalue weighted by molar-refractivity contribution is -0.144. The molecule has 25 heavy (non-hydrogen) atoms. The SMILES string of the molecule is Cc1ccc(CN2CC(C(=O)N3CCOCC3)C3(CCOCC3)C2)s1. The van der Waals surface area contributed by atoms with E-state index in [1.54, 1.807) is 0 Å². The number of aryl methyl sites for hydroxylation is 1. The van der Waals surface area contributed by atoms with Crippen LogP contribution in [0.15, 0.2) is 12.1 Å². The molecule has 6 heteroatoms. The summed E-state index contributed by atoms with van der Waals surface area (Å²) < 4.78 is 11.1. The van der Waals surface area contributed by atoms with Crippen LogP contribution < -0.4 is 0 Å². The highest BCUT2D eigenvalue weighted by Gasteiger charge is 2.51. The van der Waals surface area contributed by atoms with Crippen LogP contribution >= 0.6 is 11.3 Å². The maximum atomic E-state index is 13.3. The molecule has 1 spiro atoms. The fourth-order valence-electron chi connectivity index (χ4n) is 4.61. The van der Waals surface area contributed by atoms with Crippen LogP contribution in [-0.4, -0.2) is 68.3 Å². The number of rotatable bonds is 3. The number of thiophene rings is 1. The summed E-state index contributed by atoms with van der Waals surface area (Å²) in [6, 6.07) is 4.42. The Hall–Kier alpha value is -0.950. The number of ether oxygens (including phenoxy) is 2. The molecule has 0 aliphatic carbocycles. The zero-order valence-electron chi connectivity index (χ0n) is 15.0. The van der Waals surface area contributed by atoms with Gasteiger partial charge in [-0.05, 0) is 31.9 Å². The van der Waals surface area contributed by atoms with Gasteiger partial charge in [0.25, 0.3) is 0 Å². The lowest BCUT2D eigenvalue weighted by Gasteiger charge is -2.40. The number of carbonyl (C=O) groups excluding carboxylic acids is 1. The van der Waals surface area contributed by atoms with Crippen molar-refractivity contribution < 1.29 is 14.3 Å². The van der Waals surface area contributed by atoms with Gasteiger partial charge in [-0.25, -0.2) is 0 Å². The molecule has 3 fully saturated rings. The molecule has 138 valence electrons. The van der Waals surface area contributed by atoms with Gasteiger partial charge in [-0.3, -0.25) is 9.69 Å². The Morgan fingerprint density at radius 1 is 1.20 bits per heavy atom. The smallest absolute Gasteiger partial charge is 0.227 e. The summed E-state index contributed by atoms with van der Waals surface area (Å²) in [5.74, 6) is 0.450. The van der Waals surface area contributed by atoms with Gasteiger partial charge in [-0.15, -0.1) is 11.3 Å². The van der Waals surface area contributed by atoms with Crippen LogP contribution in [0.2, 0.25) is 0 Å². The molecule has 0 radical (unpaired) electrons. The topological polar surface area (TPSA) is 42.0 Å². The largest absolute Gasteiger partial charge is 0.381 e. The van der Waals surface area contributed by atoms with Crippen LogP contribution in [-0.2, 0) is 20.8 Å². The molecule has 3 aliphatic heterocycles. The number of hydrogen-bond donors (Lipinski definition) is 0. The Kier molecular flexibility index (Phi) is 5.13. The zero-order valence-corrected chi connectivity index (χ0v) is 15.9. The molecule has 1 aromatic heterocycles. The van der Waals surface area contributed by atoms with E-state index in [0.717, 1.165) is 58.8 Å². The Morgan fingerprint density at radius 3 is 2.60 bits per heavy atom. The van der Waals surface area contributed by atoms with E-state index in [2.05, 4.69) is 24.0 Å². The van der Waals surface area contributed by atoms with Crippen molar-refractivity contribution in [3.8, 4) is 0 Å². The van der Waals surface area contributed by atoms with Gasteiger partial charge in [0, 0.05) is 61.1 Å². The third kappa shape index (κ3) is 3.63. The van der Waals surface area contributed by atoms with Gasteiger partial charge < -0.3 is 14.4 Å². The van der Waals surface area contributed by atoms with Crippen molar-refractivity contribution in [3.05, 3.63) is 21.9 Å². The first-order chi connectivity index (χ1) is 12.2. The summed E-state index contributed by atoms with van der Waals surface area (Å²) in [7, 11) is 0. The number of nitrogens with zero attached hydrogens (tertiary/aromatic N) is 2. The van der Waals surface area contributed by atoms with E-state index >= 15 is 0 Å². The third-order valence-corrected chi connectivity index (χ3v) is 6.99. The molecule has 0 bridgehead atoms. The first-order valence-electron chi connectivity index (χ1n) is 9.38. The van der Waals surface area contributed by atoms with Gasteiger partial charge in [0.1, 0.15) is 0 Å². The highest BCUT2D eigenvalue weighted by atomic mass is 32.1. The number of carbonyl (C=O) groups is 1. The van der Waals surface area contributed by atoms with E-state index in [1.807, 2.05) is 16.2 Å². The standard InChI is InChI=1S/C19H28N2O3S/c1-15-2-3-16(25-15)12-20-13-17(18(22)21-6-10-24-11-7-21)19(14-20)4-8-23-9-5-19/h2-3,17H,4-14H2,1H3. The van der Waals surface area contributed by atoms with E-state index in [0.29, 0.717) is 19.1 Å². The average Bonchev–Trinajstić information content (AvgIpc) is 3.19.